The van der Waals surface area contributed by atoms with Crippen LogP contribution in [0.5, 0.6) is 0 Å². The molecule has 1 N–H and O–H groups in total. The van der Waals surface area contributed by atoms with Gasteiger partial charge < -0.3 is 15.1 Å². The molecule has 1 aliphatic rings. The third-order valence-electron chi connectivity index (χ3n) is 5.07. The molecule has 0 radical (unpaired) electrons. The Morgan fingerprint density at radius 2 is 1.66 bits per heavy atom. The predicted octanol–water partition coefficient (Wildman–Crippen LogP) is 3.95. The molecular weight excluding hydrogens is 369 g/mol. The van der Waals surface area contributed by atoms with Gasteiger partial charge in [-0.15, -0.1) is 10.2 Å². The molecule has 6 nitrogen and oxygen atoms in total. The number of nitrogens with one attached hydrogen (secondary N) is 1. The Bertz CT molecular complexity index is 983. The van der Waals surface area contributed by atoms with Crippen molar-refractivity contribution in [3.05, 3.63) is 72.0 Å². The number of amides is 2. The molecule has 0 saturated carbocycles. The summed E-state index contributed by atoms with van der Waals surface area (Å²) in [6.45, 7) is 4.57. The number of anilines is 2. The summed E-state index contributed by atoms with van der Waals surface area (Å²) in [5.41, 5.74) is 3.39. The van der Waals surface area contributed by atoms with Crippen LogP contribution in [0.3, 0.4) is 0 Å². The van der Waals surface area contributed by atoms with Crippen molar-refractivity contribution in [2.75, 3.05) is 36.4 Å². The highest BCUT2D eigenvalue weighted by atomic mass is 19.1. The first-order valence-electron chi connectivity index (χ1n) is 9.56. The molecule has 2 heterocycles. The topological polar surface area (TPSA) is 61.4 Å². The number of piperazine rings is 1. The molecule has 1 aromatic heterocycles. The van der Waals surface area contributed by atoms with E-state index in [0.29, 0.717) is 31.9 Å². The van der Waals surface area contributed by atoms with Gasteiger partial charge in [-0.2, -0.15) is 0 Å². The van der Waals surface area contributed by atoms with Crippen molar-refractivity contribution in [1.82, 2.24) is 15.1 Å². The van der Waals surface area contributed by atoms with Crippen LogP contribution in [0.15, 0.2) is 60.7 Å². The van der Waals surface area contributed by atoms with Gasteiger partial charge in [-0.25, -0.2) is 9.18 Å². The minimum absolute atomic E-state index is 0.0864. The number of carbonyl (C=O) groups is 1. The lowest BCUT2D eigenvalue weighted by Gasteiger charge is -2.35. The molecule has 2 amide bonds. The minimum atomic E-state index is -0.275. The second kappa shape index (κ2) is 8.26. The van der Waals surface area contributed by atoms with Crippen LogP contribution in [-0.4, -0.2) is 47.3 Å². The summed E-state index contributed by atoms with van der Waals surface area (Å²) in [4.78, 5) is 16.4. The van der Waals surface area contributed by atoms with Crippen molar-refractivity contribution in [2.45, 2.75) is 6.92 Å². The number of benzene rings is 2. The quantitative estimate of drug-likeness (QED) is 0.735. The fourth-order valence-electron chi connectivity index (χ4n) is 3.31. The highest BCUT2D eigenvalue weighted by Crippen LogP contribution is 2.20. The number of para-hydroxylation sites is 1. The molecule has 0 unspecified atom stereocenters. The lowest BCUT2D eigenvalue weighted by molar-refractivity contribution is 0.208. The van der Waals surface area contributed by atoms with E-state index in [0.717, 1.165) is 22.6 Å². The maximum absolute atomic E-state index is 13.1. The van der Waals surface area contributed by atoms with E-state index < -0.39 is 0 Å². The van der Waals surface area contributed by atoms with Crippen LogP contribution in [0.2, 0.25) is 0 Å². The van der Waals surface area contributed by atoms with E-state index >= 15 is 0 Å². The first kappa shape index (κ1) is 18.9. The molecule has 4 rings (SSSR count). The summed E-state index contributed by atoms with van der Waals surface area (Å²) in [6, 6.07) is 17.6. The Hall–Kier alpha value is -3.48. The monoisotopic (exact) mass is 391 g/mol. The fraction of sp³-hybridized carbons (Fsp3) is 0.227. The van der Waals surface area contributed by atoms with E-state index in [1.54, 1.807) is 12.1 Å². The van der Waals surface area contributed by atoms with Crippen molar-refractivity contribution >= 4 is 17.5 Å². The van der Waals surface area contributed by atoms with Gasteiger partial charge in [-0.3, -0.25) is 0 Å². The van der Waals surface area contributed by atoms with Gasteiger partial charge in [0.25, 0.3) is 0 Å². The zero-order chi connectivity index (χ0) is 20.2. The van der Waals surface area contributed by atoms with Gasteiger partial charge in [-0.1, -0.05) is 18.2 Å². The summed E-state index contributed by atoms with van der Waals surface area (Å²) >= 11 is 0. The summed E-state index contributed by atoms with van der Waals surface area (Å²) in [5, 5.41) is 11.6. The average molecular weight is 391 g/mol. The molecule has 1 fully saturated rings. The maximum atomic E-state index is 13.1. The Labute approximate surface area is 169 Å². The summed E-state index contributed by atoms with van der Waals surface area (Å²) in [7, 11) is 0. The summed E-state index contributed by atoms with van der Waals surface area (Å²) < 4.78 is 13.1. The van der Waals surface area contributed by atoms with Crippen LogP contribution in [0.25, 0.3) is 11.3 Å². The van der Waals surface area contributed by atoms with Gasteiger partial charge in [0, 0.05) is 37.4 Å². The van der Waals surface area contributed by atoms with Gasteiger partial charge in [0.2, 0.25) is 0 Å². The molecule has 0 bridgehead atoms. The highest BCUT2D eigenvalue weighted by molar-refractivity contribution is 5.90. The highest BCUT2D eigenvalue weighted by Gasteiger charge is 2.22. The number of hydrogen-bond donors (Lipinski definition) is 1. The smallest absolute Gasteiger partial charge is 0.321 e. The number of rotatable bonds is 3. The van der Waals surface area contributed by atoms with Crippen molar-refractivity contribution < 1.29 is 9.18 Å². The molecule has 3 aromatic rings. The molecular formula is C22H22FN5O. The molecule has 0 atom stereocenters. The van der Waals surface area contributed by atoms with Crippen LogP contribution in [0.1, 0.15) is 5.56 Å². The molecule has 1 aliphatic heterocycles. The Balaban J connectivity index is 1.35. The molecule has 148 valence electrons. The van der Waals surface area contributed by atoms with Gasteiger partial charge in [0.05, 0.1) is 5.69 Å². The van der Waals surface area contributed by atoms with Gasteiger partial charge >= 0.3 is 6.03 Å². The third-order valence-corrected chi connectivity index (χ3v) is 5.07. The molecule has 7 heteroatoms. The number of hydrogen-bond acceptors (Lipinski definition) is 4. The lowest BCUT2D eigenvalue weighted by atomic mass is 10.1. The summed E-state index contributed by atoms with van der Waals surface area (Å²) in [6.07, 6.45) is 0. The first-order valence-corrected chi connectivity index (χ1v) is 9.56. The van der Waals surface area contributed by atoms with Crippen LogP contribution >= 0.6 is 0 Å². The van der Waals surface area contributed by atoms with Crippen LogP contribution in [0, 0.1) is 12.7 Å². The van der Waals surface area contributed by atoms with Crippen LogP contribution in [-0.2, 0) is 0 Å². The summed E-state index contributed by atoms with van der Waals surface area (Å²) in [5.74, 6) is 0.498. The van der Waals surface area contributed by atoms with E-state index in [9.17, 15) is 9.18 Å². The number of aromatic nitrogens is 2. The van der Waals surface area contributed by atoms with E-state index in [4.69, 9.17) is 0 Å². The molecule has 0 spiro atoms. The predicted molar refractivity (Wildman–Crippen MR) is 111 cm³/mol. The largest absolute Gasteiger partial charge is 0.352 e. The van der Waals surface area contributed by atoms with Crippen molar-refractivity contribution in [1.29, 1.82) is 0 Å². The standard InChI is InChI=1S/C22H22FN5O/c1-16-4-2-3-5-19(16)24-22(29)28-14-12-27(13-15-28)21-11-10-20(25-26-21)17-6-8-18(23)9-7-17/h2-11H,12-15H2,1H3,(H,24,29). The van der Waals surface area contributed by atoms with E-state index in [2.05, 4.69) is 20.4 Å². The molecule has 29 heavy (non-hydrogen) atoms. The second-order valence-corrected chi connectivity index (χ2v) is 7.00. The first-order chi connectivity index (χ1) is 14.1. The average Bonchev–Trinajstić information content (AvgIpc) is 2.76. The fourth-order valence-corrected chi connectivity index (χ4v) is 3.31. The van der Waals surface area contributed by atoms with Crippen molar-refractivity contribution in [3.8, 4) is 11.3 Å². The normalized spacial score (nSPS) is 14.0. The number of nitrogens with zero attached hydrogens (tertiary/aromatic N) is 4. The molecule has 2 aromatic carbocycles. The van der Waals surface area contributed by atoms with Crippen molar-refractivity contribution in [3.63, 3.8) is 0 Å². The maximum Gasteiger partial charge on any atom is 0.321 e. The lowest BCUT2D eigenvalue weighted by Crippen LogP contribution is -2.50. The second-order valence-electron chi connectivity index (χ2n) is 7.00. The minimum Gasteiger partial charge on any atom is -0.352 e. The zero-order valence-corrected chi connectivity index (χ0v) is 16.2. The van der Waals surface area contributed by atoms with E-state index in [1.165, 1.54) is 12.1 Å². The Kier molecular flexibility index (Phi) is 5.37. The molecule has 0 aliphatic carbocycles. The Morgan fingerprint density at radius 3 is 2.31 bits per heavy atom. The van der Waals surface area contributed by atoms with Gasteiger partial charge in [-0.05, 0) is 55.0 Å². The third kappa shape index (κ3) is 4.34. The van der Waals surface area contributed by atoms with Crippen LogP contribution in [0.4, 0.5) is 20.7 Å². The SMILES string of the molecule is Cc1ccccc1NC(=O)N1CCN(c2ccc(-c3ccc(F)cc3)nn2)CC1. The number of urea groups is 1. The van der Waals surface area contributed by atoms with Gasteiger partial charge in [0.15, 0.2) is 5.82 Å². The van der Waals surface area contributed by atoms with E-state index in [-0.39, 0.29) is 11.8 Å². The van der Waals surface area contributed by atoms with Crippen molar-refractivity contribution in [2.24, 2.45) is 0 Å². The number of halogens is 1. The molecule has 1 saturated heterocycles. The van der Waals surface area contributed by atoms with E-state index in [1.807, 2.05) is 48.2 Å². The van der Waals surface area contributed by atoms with Crippen LogP contribution < -0.4 is 10.2 Å². The van der Waals surface area contributed by atoms with Gasteiger partial charge in [0.1, 0.15) is 5.82 Å². The number of carbonyl (C=O) groups excluding carboxylic acids is 1. The number of aryl methyl sites for hydroxylation is 1. The zero-order valence-electron chi connectivity index (χ0n) is 16.2. The Morgan fingerprint density at radius 1 is 0.931 bits per heavy atom.